The molecule has 0 aromatic heterocycles. The Morgan fingerprint density at radius 1 is 0.839 bits per heavy atom. The van der Waals surface area contributed by atoms with Crippen molar-refractivity contribution in [1.82, 2.24) is 0 Å². The van der Waals surface area contributed by atoms with E-state index in [4.69, 9.17) is 19.9 Å². The van der Waals surface area contributed by atoms with Gasteiger partial charge < -0.3 is 19.9 Å². The van der Waals surface area contributed by atoms with Crippen LogP contribution in [-0.4, -0.2) is 31.4 Å². The zero-order chi connectivity index (χ0) is 21.6. The van der Waals surface area contributed by atoms with Crippen LogP contribution < -0.4 is 5.73 Å². The number of ether oxygens (including phenoxy) is 3. The zero-order valence-electron chi connectivity index (χ0n) is 16.9. The molecule has 3 aromatic rings. The van der Waals surface area contributed by atoms with Crippen molar-refractivity contribution >= 4 is 12.1 Å². The summed E-state index contributed by atoms with van der Waals surface area (Å²) in [6.45, 7) is 0.317. The van der Waals surface area contributed by atoms with Gasteiger partial charge in [-0.15, -0.1) is 0 Å². The van der Waals surface area contributed by atoms with Gasteiger partial charge in [-0.25, -0.2) is 9.59 Å². The van der Waals surface area contributed by atoms with Crippen LogP contribution in [0.3, 0.4) is 0 Å². The smallest absolute Gasteiger partial charge is 0.433 e. The number of nitrogens with two attached hydrogens (primary N) is 1. The van der Waals surface area contributed by atoms with Gasteiger partial charge in [0.2, 0.25) is 0 Å². The van der Waals surface area contributed by atoms with Crippen LogP contribution in [-0.2, 0) is 25.6 Å². The van der Waals surface area contributed by atoms with Gasteiger partial charge in [-0.2, -0.15) is 0 Å². The Kier molecular flexibility index (Phi) is 6.40. The van der Waals surface area contributed by atoms with Crippen molar-refractivity contribution in [1.29, 1.82) is 0 Å². The molecule has 0 radical (unpaired) electrons. The minimum Gasteiger partial charge on any atom is -0.433 e. The van der Waals surface area contributed by atoms with Crippen molar-refractivity contribution in [3.63, 3.8) is 0 Å². The van der Waals surface area contributed by atoms with Gasteiger partial charge in [0.15, 0.2) is 0 Å². The largest absolute Gasteiger partial charge is 0.516 e. The highest BCUT2D eigenvalue weighted by Crippen LogP contribution is 2.44. The standard InChI is InChI=1S/C25H23NO5/c26-23(16-29-14-17-8-2-1-3-9-17)24(27)31-25(28)30-15-22-20-12-6-4-10-18(20)19-11-5-7-13-21(19)22/h1-13,22-23H,14-16,26H2/t23-/m1/s1. The molecule has 158 valence electrons. The number of benzene rings is 3. The van der Waals surface area contributed by atoms with Crippen LogP contribution in [0.4, 0.5) is 4.79 Å². The second-order valence-corrected chi connectivity index (χ2v) is 7.32. The molecule has 0 fully saturated rings. The van der Waals surface area contributed by atoms with Crippen molar-refractivity contribution in [2.75, 3.05) is 13.2 Å². The normalized spacial score (nSPS) is 13.2. The minimum atomic E-state index is -1.08. The molecule has 0 bridgehead atoms. The fraction of sp³-hybridized carbons (Fsp3) is 0.200. The lowest BCUT2D eigenvalue weighted by Gasteiger charge is -2.15. The number of fused-ring (bicyclic) bond motifs is 3. The number of carbonyl (C=O) groups excluding carboxylic acids is 2. The highest BCUT2D eigenvalue weighted by molar-refractivity contribution is 5.85. The molecular weight excluding hydrogens is 394 g/mol. The van der Waals surface area contributed by atoms with Crippen LogP contribution in [0, 0.1) is 0 Å². The summed E-state index contributed by atoms with van der Waals surface area (Å²) in [4.78, 5) is 24.1. The average molecular weight is 417 g/mol. The van der Waals surface area contributed by atoms with Crippen molar-refractivity contribution in [3.05, 3.63) is 95.6 Å². The lowest BCUT2D eigenvalue weighted by molar-refractivity contribution is -0.143. The Morgan fingerprint density at radius 2 is 1.42 bits per heavy atom. The van der Waals surface area contributed by atoms with E-state index in [-0.39, 0.29) is 19.1 Å². The number of rotatable bonds is 7. The van der Waals surface area contributed by atoms with Gasteiger partial charge in [0.1, 0.15) is 12.6 Å². The summed E-state index contributed by atoms with van der Waals surface area (Å²) >= 11 is 0. The monoisotopic (exact) mass is 417 g/mol. The molecule has 0 unspecified atom stereocenters. The third-order valence-corrected chi connectivity index (χ3v) is 5.23. The molecule has 0 aliphatic heterocycles. The van der Waals surface area contributed by atoms with Gasteiger partial charge in [-0.05, 0) is 27.8 Å². The van der Waals surface area contributed by atoms with E-state index in [9.17, 15) is 9.59 Å². The molecule has 0 saturated carbocycles. The van der Waals surface area contributed by atoms with E-state index in [0.717, 1.165) is 27.8 Å². The van der Waals surface area contributed by atoms with Crippen molar-refractivity contribution in [2.45, 2.75) is 18.6 Å². The third-order valence-electron chi connectivity index (χ3n) is 5.23. The molecule has 31 heavy (non-hydrogen) atoms. The Morgan fingerprint density at radius 3 is 2.06 bits per heavy atom. The molecule has 6 heteroatoms. The van der Waals surface area contributed by atoms with E-state index < -0.39 is 18.2 Å². The Labute approximate surface area is 180 Å². The van der Waals surface area contributed by atoms with Crippen LogP contribution in [0.2, 0.25) is 0 Å². The summed E-state index contributed by atoms with van der Waals surface area (Å²) in [6.07, 6.45) is -1.06. The predicted octanol–water partition coefficient (Wildman–Crippen LogP) is 4.02. The van der Waals surface area contributed by atoms with Gasteiger partial charge in [-0.3, -0.25) is 0 Å². The van der Waals surface area contributed by atoms with Gasteiger partial charge in [0, 0.05) is 5.92 Å². The first-order valence-electron chi connectivity index (χ1n) is 10.1. The quantitative estimate of drug-likeness (QED) is 0.461. The maximum atomic E-state index is 12.1. The molecule has 0 amide bonds. The molecule has 6 nitrogen and oxygen atoms in total. The second-order valence-electron chi connectivity index (χ2n) is 7.32. The first-order chi connectivity index (χ1) is 15.1. The lowest BCUT2D eigenvalue weighted by atomic mass is 9.98. The minimum absolute atomic E-state index is 0.0651. The molecule has 4 rings (SSSR count). The van der Waals surface area contributed by atoms with Crippen LogP contribution in [0.25, 0.3) is 11.1 Å². The summed E-state index contributed by atoms with van der Waals surface area (Å²) in [5.41, 5.74) is 11.1. The van der Waals surface area contributed by atoms with Crippen molar-refractivity contribution in [2.24, 2.45) is 5.73 Å². The van der Waals surface area contributed by atoms with Crippen molar-refractivity contribution in [3.8, 4) is 11.1 Å². The average Bonchev–Trinajstić information content (AvgIpc) is 3.12. The first kappa shape index (κ1) is 20.8. The van der Waals surface area contributed by atoms with Crippen LogP contribution in [0.15, 0.2) is 78.9 Å². The Balaban J connectivity index is 1.28. The summed E-state index contributed by atoms with van der Waals surface area (Å²) in [7, 11) is 0. The Hall–Kier alpha value is -3.48. The van der Waals surface area contributed by atoms with Crippen molar-refractivity contribution < 1.29 is 23.8 Å². The van der Waals surface area contributed by atoms with E-state index in [1.807, 2.05) is 78.9 Å². The van der Waals surface area contributed by atoms with Crippen LogP contribution in [0.5, 0.6) is 0 Å². The van der Waals surface area contributed by atoms with Gasteiger partial charge in [0.05, 0.1) is 13.2 Å². The number of esters is 1. The Bertz CT molecular complexity index is 1020. The molecule has 1 atom stereocenters. The topological polar surface area (TPSA) is 87.9 Å². The van der Waals surface area contributed by atoms with E-state index in [1.165, 1.54) is 0 Å². The van der Waals surface area contributed by atoms with E-state index >= 15 is 0 Å². The van der Waals surface area contributed by atoms with Crippen LogP contribution in [0.1, 0.15) is 22.6 Å². The molecule has 0 saturated heterocycles. The molecule has 0 spiro atoms. The third kappa shape index (κ3) is 4.82. The maximum absolute atomic E-state index is 12.1. The number of carbonyl (C=O) groups is 2. The predicted molar refractivity (Wildman–Crippen MR) is 115 cm³/mol. The summed E-state index contributed by atoms with van der Waals surface area (Å²) < 4.78 is 15.4. The molecule has 3 aromatic carbocycles. The highest BCUT2D eigenvalue weighted by atomic mass is 16.7. The summed E-state index contributed by atoms with van der Waals surface area (Å²) in [5, 5.41) is 0. The fourth-order valence-corrected chi connectivity index (χ4v) is 3.72. The van der Waals surface area contributed by atoms with Gasteiger partial charge in [-0.1, -0.05) is 78.9 Å². The number of hydrogen-bond donors (Lipinski definition) is 1. The SMILES string of the molecule is N[C@H](COCc1ccccc1)C(=O)OC(=O)OCC1c2ccccc2-c2ccccc21. The van der Waals surface area contributed by atoms with Crippen LogP contribution >= 0.6 is 0 Å². The molecule has 2 N–H and O–H groups in total. The summed E-state index contributed by atoms with van der Waals surface area (Å²) in [6, 6.07) is 24.4. The molecular formula is C25H23NO5. The summed E-state index contributed by atoms with van der Waals surface area (Å²) in [5.74, 6) is -0.997. The van der Waals surface area contributed by atoms with E-state index in [1.54, 1.807) is 0 Å². The molecule has 1 aliphatic carbocycles. The second kappa shape index (κ2) is 9.55. The first-order valence-corrected chi connectivity index (χ1v) is 10.1. The van der Waals surface area contributed by atoms with Gasteiger partial charge in [0.25, 0.3) is 0 Å². The molecule has 1 aliphatic rings. The number of hydrogen-bond acceptors (Lipinski definition) is 6. The maximum Gasteiger partial charge on any atom is 0.516 e. The highest BCUT2D eigenvalue weighted by Gasteiger charge is 2.30. The lowest BCUT2D eigenvalue weighted by Crippen LogP contribution is -2.38. The fourth-order valence-electron chi connectivity index (χ4n) is 3.72. The van der Waals surface area contributed by atoms with E-state index in [0.29, 0.717) is 6.61 Å². The van der Waals surface area contributed by atoms with Gasteiger partial charge >= 0.3 is 12.1 Å². The zero-order valence-corrected chi connectivity index (χ0v) is 16.9. The van der Waals surface area contributed by atoms with E-state index in [2.05, 4.69) is 0 Å². The molecule has 0 heterocycles.